The van der Waals surface area contributed by atoms with E-state index >= 15 is 0 Å². The second-order valence-electron chi connectivity index (χ2n) is 8.58. The van der Waals surface area contributed by atoms with Crippen molar-refractivity contribution in [1.29, 1.82) is 5.26 Å². The van der Waals surface area contributed by atoms with Crippen LogP contribution in [0.4, 0.5) is 5.69 Å². The number of rotatable bonds is 6. The van der Waals surface area contributed by atoms with E-state index in [2.05, 4.69) is 47.2 Å². The molecule has 5 heteroatoms. The fourth-order valence-corrected chi connectivity index (χ4v) is 4.67. The molecule has 0 atom stereocenters. The van der Waals surface area contributed by atoms with Crippen LogP contribution in [0.1, 0.15) is 49.7 Å². The van der Waals surface area contributed by atoms with Crippen LogP contribution in [-0.2, 0) is 4.79 Å². The molecular formula is C23H34N4O. The molecule has 1 aliphatic carbocycles. The number of anilines is 1. The van der Waals surface area contributed by atoms with Crippen LogP contribution in [0.15, 0.2) is 18.2 Å². The number of carbonyl (C=O) groups is 1. The van der Waals surface area contributed by atoms with Gasteiger partial charge in [-0.25, -0.2) is 0 Å². The monoisotopic (exact) mass is 382 g/mol. The predicted molar refractivity (Wildman–Crippen MR) is 113 cm³/mol. The van der Waals surface area contributed by atoms with Crippen LogP contribution in [0.5, 0.6) is 0 Å². The highest BCUT2D eigenvalue weighted by atomic mass is 16.1. The van der Waals surface area contributed by atoms with Gasteiger partial charge in [-0.2, -0.15) is 5.26 Å². The van der Waals surface area contributed by atoms with Gasteiger partial charge in [-0.1, -0.05) is 6.07 Å². The molecule has 3 rings (SSSR count). The molecule has 2 fully saturated rings. The van der Waals surface area contributed by atoms with Gasteiger partial charge in [0, 0.05) is 37.9 Å². The fraction of sp³-hybridized carbons (Fsp3) is 0.652. The van der Waals surface area contributed by atoms with Crippen molar-refractivity contribution in [2.24, 2.45) is 5.92 Å². The van der Waals surface area contributed by atoms with Crippen LogP contribution in [0.3, 0.4) is 0 Å². The Labute approximate surface area is 169 Å². The van der Waals surface area contributed by atoms with Crippen LogP contribution in [-0.4, -0.2) is 49.6 Å². The summed E-state index contributed by atoms with van der Waals surface area (Å²) in [5.74, 6) is 0.661. The van der Waals surface area contributed by atoms with E-state index in [0.717, 1.165) is 44.9 Å². The van der Waals surface area contributed by atoms with E-state index in [0.29, 0.717) is 0 Å². The molecular weight excluding hydrogens is 348 g/mol. The van der Waals surface area contributed by atoms with Gasteiger partial charge in [0.2, 0.25) is 5.91 Å². The maximum absolute atomic E-state index is 11.5. The molecule has 1 aliphatic heterocycles. The lowest BCUT2D eigenvalue weighted by Gasteiger charge is -2.37. The summed E-state index contributed by atoms with van der Waals surface area (Å²) in [6.07, 6.45) is 5.75. The molecule has 1 aromatic rings. The predicted octanol–water partition coefficient (Wildman–Crippen LogP) is 3.40. The number of carbonyl (C=O) groups excluding carboxylic acids is 1. The average molecular weight is 383 g/mol. The van der Waals surface area contributed by atoms with Gasteiger partial charge in [-0.05, 0) is 81.7 Å². The third-order valence-corrected chi connectivity index (χ3v) is 6.25. The highest BCUT2D eigenvalue weighted by molar-refractivity contribution is 5.78. The van der Waals surface area contributed by atoms with Gasteiger partial charge in [-0.3, -0.25) is 9.69 Å². The number of amides is 1. The summed E-state index contributed by atoms with van der Waals surface area (Å²) >= 11 is 0. The van der Waals surface area contributed by atoms with Gasteiger partial charge in [-0.15, -0.1) is 0 Å². The zero-order valence-electron chi connectivity index (χ0n) is 17.4. The molecule has 1 amide bonds. The molecule has 0 spiro atoms. The van der Waals surface area contributed by atoms with Crippen molar-refractivity contribution < 1.29 is 4.79 Å². The number of hydrogen-bond acceptors (Lipinski definition) is 4. The fourth-order valence-electron chi connectivity index (χ4n) is 4.67. The Kier molecular flexibility index (Phi) is 7.33. The maximum Gasteiger partial charge on any atom is 0.234 e. The Morgan fingerprint density at radius 2 is 1.71 bits per heavy atom. The molecule has 1 aromatic carbocycles. The van der Waals surface area contributed by atoms with Crippen molar-refractivity contribution in [3.63, 3.8) is 0 Å². The summed E-state index contributed by atoms with van der Waals surface area (Å²) < 4.78 is 0. The summed E-state index contributed by atoms with van der Waals surface area (Å²) in [5, 5.41) is 11.6. The number of aryl methyl sites for hydroxylation is 2. The standard InChI is InChI=1S/C23H34N4O/c1-18-15-19(2)17-22(16-18)27-13-11-26(12-14-27)10-8-20-3-5-21(6-4-20)25-23(28)7-9-24/h15-17,20-21H,3-8,10-14H2,1-2H3,(H,25,28)/t20-,21-. The molecule has 1 heterocycles. The van der Waals surface area contributed by atoms with Gasteiger partial charge in [0.05, 0.1) is 6.07 Å². The first-order chi connectivity index (χ1) is 13.5. The Bertz CT molecular complexity index is 675. The summed E-state index contributed by atoms with van der Waals surface area (Å²) in [5.41, 5.74) is 4.06. The Morgan fingerprint density at radius 3 is 2.32 bits per heavy atom. The average Bonchev–Trinajstić information content (AvgIpc) is 2.67. The van der Waals surface area contributed by atoms with Gasteiger partial charge < -0.3 is 10.2 Å². The van der Waals surface area contributed by atoms with Crippen LogP contribution < -0.4 is 10.2 Å². The van der Waals surface area contributed by atoms with Crippen molar-refractivity contribution in [1.82, 2.24) is 10.2 Å². The minimum Gasteiger partial charge on any atom is -0.369 e. The first kappa shape index (κ1) is 20.7. The quantitative estimate of drug-likeness (QED) is 0.819. The Hall–Kier alpha value is -2.06. The van der Waals surface area contributed by atoms with Crippen molar-refractivity contribution in [2.45, 2.75) is 58.4 Å². The topological polar surface area (TPSA) is 59.4 Å². The summed E-state index contributed by atoms with van der Waals surface area (Å²) in [4.78, 5) is 16.7. The molecule has 5 nitrogen and oxygen atoms in total. The molecule has 152 valence electrons. The molecule has 0 bridgehead atoms. The summed E-state index contributed by atoms with van der Waals surface area (Å²) in [6.45, 7) is 10.1. The van der Waals surface area contributed by atoms with E-state index < -0.39 is 0 Å². The number of nitrogens with one attached hydrogen (secondary N) is 1. The molecule has 0 radical (unpaired) electrons. The zero-order valence-corrected chi connectivity index (χ0v) is 17.4. The van der Waals surface area contributed by atoms with Crippen molar-refractivity contribution in [3.05, 3.63) is 29.3 Å². The lowest BCUT2D eigenvalue weighted by Crippen LogP contribution is -2.47. The molecule has 2 aliphatic rings. The van der Waals surface area contributed by atoms with Crippen molar-refractivity contribution >= 4 is 11.6 Å². The lowest BCUT2D eigenvalue weighted by molar-refractivity contribution is -0.121. The van der Waals surface area contributed by atoms with E-state index in [1.54, 1.807) is 0 Å². The SMILES string of the molecule is Cc1cc(C)cc(N2CCN(CC[C@H]3CC[C@H](NC(=O)CC#N)CC3)CC2)c1. The van der Waals surface area contributed by atoms with E-state index in [9.17, 15) is 4.79 Å². The number of hydrogen-bond donors (Lipinski definition) is 1. The highest BCUT2D eigenvalue weighted by Gasteiger charge is 2.24. The van der Waals surface area contributed by atoms with Crippen molar-refractivity contribution in [3.8, 4) is 6.07 Å². The van der Waals surface area contributed by atoms with Gasteiger partial charge >= 0.3 is 0 Å². The van der Waals surface area contributed by atoms with Gasteiger partial charge in [0.15, 0.2) is 0 Å². The summed E-state index contributed by atoms with van der Waals surface area (Å²) in [7, 11) is 0. The Morgan fingerprint density at radius 1 is 1.07 bits per heavy atom. The van der Waals surface area contributed by atoms with E-state index in [1.807, 2.05) is 6.07 Å². The zero-order chi connectivity index (χ0) is 19.9. The third kappa shape index (κ3) is 5.97. The van der Waals surface area contributed by atoms with E-state index in [4.69, 9.17) is 5.26 Å². The second kappa shape index (κ2) is 9.93. The van der Waals surface area contributed by atoms with Crippen LogP contribution in [0.2, 0.25) is 0 Å². The van der Waals surface area contributed by atoms with Gasteiger partial charge in [0.25, 0.3) is 0 Å². The number of piperazine rings is 1. The maximum atomic E-state index is 11.5. The number of benzene rings is 1. The normalized spacial score (nSPS) is 23.2. The van der Waals surface area contributed by atoms with Crippen LogP contribution in [0, 0.1) is 31.1 Å². The largest absolute Gasteiger partial charge is 0.369 e. The smallest absolute Gasteiger partial charge is 0.234 e. The van der Waals surface area contributed by atoms with Crippen molar-refractivity contribution in [2.75, 3.05) is 37.6 Å². The lowest BCUT2D eigenvalue weighted by atomic mass is 9.84. The third-order valence-electron chi connectivity index (χ3n) is 6.25. The first-order valence-corrected chi connectivity index (χ1v) is 10.8. The van der Waals surface area contributed by atoms with Gasteiger partial charge in [0.1, 0.15) is 6.42 Å². The molecule has 1 N–H and O–H groups in total. The van der Waals surface area contributed by atoms with Crippen LogP contribution >= 0.6 is 0 Å². The van der Waals surface area contributed by atoms with Crippen LogP contribution in [0.25, 0.3) is 0 Å². The van der Waals surface area contributed by atoms with E-state index in [-0.39, 0.29) is 18.4 Å². The number of nitrogens with zero attached hydrogens (tertiary/aromatic N) is 3. The molecule has 0 unspecified atom stereocenters. The highest BCUT2D eigenvalue weighted by Crippen LogP contribution is 2.27. The molecule has 0 aromatic heterocycles. The molecule has 1 saturated carbocycles. The first-order valence-electron chi connectivity index (χ1n) is 10.8. The molecule has 28 heavy (non-hydrogen) atoms. The second-order valence-corrected chi connectivity index (χ2v) is 8.58. The minimum atomic E-state index is -0.118. The number of nitriles is 1. The van der Waals surface area contributed by atoms with E-state index in [1.165, 1.54) is 42.6 Å². The molecule has 1 saturated heterocycles. The minimum absolute atomic E-state index is 0.0198. The Balaban J connectivity index is 1.35. The summed E-state index contributed by atoms with van der Waals surface area (Å²) in [6, 6.07) is 9.04.